The SMILES string of the molecule is O=C(/C=C/c1ccccc1)N1CCCC1c1nc(-c2ccc(Cl)cc2)no1. The molecule has 1 fully saturated rings. The minimum atomic E-state index is -0.188. The number of likely N-dealkylation sites (tertiary alicyclic amines) is 1. The first-order chi connectivity index (χ1) is 13.2. The van der Waals surface area contributed by atoms with Crippen LogP contribution in [0.5, 0.6) is 0 Å². The Kier molecular flexibility index (Phi) is 5.03. The van der Waals surface area contributed by atoms with E-state index in [1.807, 2.05) is 48.5 Å². The van der Waals surface area contributed by atoms with Crippen molar-refractivity contribution in [1.82, 2.24) is 15.0 Å². The summed E-state index contributed by atoms with van der Waals surface area (Å²) in [4.78, 5) is 18.9. The summed E-state index contributed by atoms with van der Waals surface area (Å²) in [6, 6.07) is 16.8. The van der Waals surface area contributed by atoms with Crippen LogP contribution in [-0.4, -0.2) is 27.5 Å². The van der Waals surface area contributed by atoms with Crippen LogP contribution in [0.4, 0.5) is 0 Å². The van der Waals surface area contributed by atoms with Crippen LogP contribution in [0.15, 0.2) is 65.2 Å². The van der Waals surface area contributed by atoms with Gasteiger partial charge in [0.1, 0.15) is 6.04 Å². The van der Waals surface area contributed by atoms with Crippen molar-refractivity contribution in [2.45, 2.75) is 18.9 Å². The lowest BCUT2D eigenvalue weighted by atomic mass is 10.2. The maximum Gasteiger partial charge on any atom is 0.249 e. The average molecular weight is 380 g/mol. The smallest absolute Gasteiger partial charge is 0.249 e. The molecule has 1 unspecified atom stereocenters. The first kappa shape index (κ1) is 17.5. The van der Waals surface area contributed by atoms with Crippen LogP contribution in [-0.2, 0) is 4.79 Å². The Morgan fingerprint density at radius 3 is 2.70 bits per heavy atom. The number of nitrogens with zero attached hydrogens (tertiary/aromatic N) is 3. The lowest BCUT2D eigenvalue weighted by molar-refractivity contribution is -0.127. The van der Waals surface area contributed by atoms with Gasteiger partial charge < -0.3 is 9.42 Å². The van der Waals surface area contributed by atoms with E-state index in [4.69, 9.17) is 16.1 Å². The molecule has 5 nitrogen and oxygen atoms in total. The standard InChI is InChI=1S/C21H18ClN3O2/c22-17-11-9-16(10-12-17)20-23-21(27-24-20)18-7-4-14-25(18)19(26)13-8-15-5-2-1-3-6-15/h1-3,5-6,8-13,18H,4,7,14H2/b13-8+. The Balaban J connectivity index is 1.50. The minimum absolute atomic E-state index is 0.0485. The summed E-state index contributed by atoms with van der Waals surface area (Å²) in [5.74, 6) is 0.923. The van der Waals surface area contributed by atoms with Crippen molar-refractivity contribution in [3.8, 4) is 11.4 Å². The molecule has 2 aromatic carbocycles. The molecule has 0 spiro atoms. The van der Waals surface area contributed by atoms with Gasteiger partial charge in [-0.15, -0.1) is 0 Å². The predicted molar refractivity (Wildman–Crippen MR) is 104 cm³/mol. The molecule has 1 atom stereocenters. The zero-order chi connectivity index (χ0) is 18.6. The summed E-state index contributed by atoms with van der Waals surface area (Å²) in [6.45, 7) is 0.682. The van der Waals surface area contributed by atoms with E-state index in [9.17, 15) is 4.79 Å². The number of halogens is 1. The Labute approximate surface area is 162 Å². The number of hydrogen-bond acceptors (Lipinski definition) is 4. The van der Waals surface area contributed by atoms with Crippen LogP contribution in [0.1, 0.15) is 30.3 Å². The highest BCUT2D eigenvalue weighted by Crippen LogP contribution is 2.32. The summed E-state index contributed by atoms with van der Waals surface area (Å²) in [5.41, 5.74) is 1.82. The molecule has 0 bridgehead atoms. The molecule has 27 heavy (non-hydrogen) atoms. The second-order valence-corrected chi connectivity index (χ2v) is 6.83. The third-order valence-corrected chi connectivity index (χ3v) is 4.84. The molecule has 1 amide bonds. The molecule has 1 aliphatic heterocycles. The molecule has 1 aliphatic rings. The molecule has 1 aromatic heterocycles. The van der Waals surface area contributed by atoms with Crippen molar-refractivity contribution in [3.63, 3.8) is 0 Å². The van der Waals surface area contributed by atoms with Crippen molar-refractivity contribution in [2.24, 2.45) is 0 Å². The van der Waals surface area contributed by atoms with Crippen molar-refractivity contribution < 1.29 is 9.32 Å². The van der Waals surface area contributed by atoms with Gasteiger partial charge in [0.05, 0.1) is 0 Å². The van der Waals surface area contributed by atoms with Crippen LogP contribution in [0.25, 0.3) is 17.5 Å². The fourth-order valence-corrected chi connectivity index (χ4v) is 3.33. The monoisotopic (exact) mass is 379 g/mol. The Bertz CT molecular complexity index is 951. The van der Waals surface area contributed by atoms with E-state index >= 15 is 0 Å². The molecule has 0 saturated carbocycles. The van der Waals surface area contributed by atoms with Gasteiger partial charge in [0.2, 0.25) is 17.6 Å². The zero-order valence-corrected chi connectivity index (χ0v) is 15.3. The van der Waals surface area contributed by atoms with Crippen molar-refractivity contribution in [3.05, 3.63) is 77.2 Å². The van der Waals surface area contributed by atoms with Gasteiger partial charge in [0.15, 0.2) is 0 Å². The third kappa shape index (κ3) is 3.93. The summed E-state index contributed by atoms with van der Waals surface area (Å²) in [6.07, 6.45) is 5.15. The summed E-state index contributed by atoms with van der Waals surface area (Å²) < 4.78 is 5.46. The molecular weight excluding hydrogens is 362 g/mol. The lowest BCUT2D eigenvalue weighted by Gasteiger charge is -2.20. The fraction of sp³-hybridized carbons (Fsp3) is 0.190. The fourth-order valence-electron chi connectivity index (χ4n) is 3.20. The number of carbonyl (C=O) groups is 1. The van der Waals surface area contributed by atoms with Crippen LogP contribution >= 0.6 is 11.6 Å². The lowest BCUT2D eigenvalue weighted by Crippen LogP contribution is -2.29. The molecule has 1 saturated heterocycles. The van der Waals surface area contributed by atoms with E-state index in [1.54, 1.807) is 23.1 Å². The highest BCUT2D eigenvalue weighted by atomic mass is 35.5. The van der Waals surface area contributed by atoms with E-state index in [0.717, 1.165) is 24.0 Å². The van der Waals surface area contributed by atoms with Gasteiger partial charge in [0, 0.05) is 23.2 Å². The topological polar surface area (TPSA) is 59.2 Å². The molecule has 136 valence electrons. The number of rotatable bonds is 4. The largest absolute Gasteiger partial charge is 0.337 e. The highest BCUT2D eigenvalue weighted by molar-refractivity contribution is 6.30. The Morgan fingerprint density at radius 2 is 1.93 bits per heavy atom. The third-order valence-electron chi connectivity index (χ3n) is 4.58. The molecule has 6 heteroatoms. The van der Waals surface area contributed by atoms with E-state index in [2.05, 4.69) is 10.1 Å². The predicted octanol–water partition coefficient (Wildman–Crippen LogP) is 4.77. The van der Waals surface area contributed by atoms with Crippen LogP contribution in [0.2, 0.25) is 5.02 Å². The quantitative estimate of drug-likeness (QED) is 0.613. The number of aromatic nitrogens is 2. The van der Waals surface area contributed by atoms with Crippen molar-refractivity contribution in [1.29, 1.82) is 0 Å². The van der Waals surface area contributed by atoms with Gasteiger partial charge in [0.25, 0.3) is 0 Å². The second kappa shape index (κ2) is 7.76. The summed E-state index contributed by atoms with van der Waals surface area (Å²) >= 11 is 5.92. The number of hydrogen-bond donors (Lipinski definition) is 0. The Morgan fingerprint density at radius 1 is 1.15 bits per heavy atom. The first-order valence-electron chi connectivity index (χ1n) is 8.84. The maximum atomic E-state index is 12.7. The molecule has 3 aromatic rings. The summed E-state index contributed by atoms with van der Waals surface area (Å²) in [7, 11) is 0. The number of benzene rings is 2. The Hall–Kier alpha value is -2.92. The number of amides is 1. The van der Waals surface area contributed by atoms with Crippen LogP contribution < -0.4 is 0 Å². The van der Waals surface area contributed by atoms with Gasteiger partial charge >= 0.3 is 0 Å². The van der Waals surface area contributed by atoms with Gasteiger partial charge in [-0.3, -0.25) is 4.79 Å². The first-order valence-corrected chi connectivity index (χ1v) is 9.22. The molecule has 2 heterocycles. The number of carbonyl (C=O) groups excluding carboxylic acids is 1. The highest BCUT2D eigenvalue weighted by Gasteiger charge is 2.33. The minimum Gasteiger partial charge on any atom is -0.337 e. The van der Waals surface area contributed by atoms with Gasteiger partial charge in [-0.1, -0.05) is 47.1 Å². The molecule has 0 aliphatic carbocycles. The van der Waals surface area contributed by atoms with Crippen LogP contribution in [0, 0.1) is 0 Å². The van der Waals surface area contributed by atoms with E-state index in [-0.39, 0.29) is 11.9 Å². The van der Waals surface area contributed by atoms with E-state index in [0.29, 0.717) is 23.3 Å². The van der Waals surface area contributed by atoms with Crippen LogP contribution in [0.3, 0.4) is 0 Å². The van der Waals surface area contributed by atoms with E-state index in [1.165, 1.54) is 0 Å². The normalized spacial score (nSPS) is 16.9. The zero-order valence-electron chi connectivity index (χ0n) is 14.6. The van der Waals surface area contributed by atoms with Gasteiger partial charge in [-0.2, -0.15) is 4.98 Å². The maximum absolute atomic E-state index is 12.7. The van der Waals surface area contributed by atoms with Gasteiger partial charge in [-0.05, 0) is 48.7 Å². The van der Waals surface area contributed by atoms with Crippen molar-refractivity contribution in [2.75, 3.05) is 6.54 Å². The molecule has 0 radical (unpaired) electrons. The summed E-state index contributed by atoms with van der Waals surface area (Å²) in [5, 5.41) is 4.72. The van der Waals surface area contributed by atoms with Gasteiger partial charge in [-0.25, -0.2) is 0 Å². The van der Waals surface area contributed by atoms with Crippen molar-refractivity contribution >= 4 is 23.6 Å². The van der Waals surface area contributed by atoms with E-state index < -0.39 is 0 Å². The molecule has 0 N–H and O–H groups in total. The molecule has 4 rings (SSSR count). The molecular formula is C21H18ClN3O2. The second-order valence-electron chi connectivity index (χ2n) is 6.40. The average Bonchev–Trinajstić information content (AvgIpc) is 3.37.